The highest BCUT2D eigenvalue weighted by Crippen LogP contribution is 2.39. The molecule has 1 N–H and O–H groups in total. The van der Waals surface area contributed by atoms with Gasteiger partial charge in [0.2, 0.25) is 11.8 Å². The fraction of sp³-hybridized carbons (Fsp3) is 0.208. The van der Waals surface area contributed by atoms with Crippen LogP contribution in [0.2, 0.25) is 30.1 Å². The average molecular weight is 1210 g/mol. The number of hydrogen-bond acceptors (Lipinski definition) is 10. The summed E-state index contributed by atoms with van der Waals surface area (Å²) in [5.41, 5.74) is 1.94. The van der Waals surface area contributed by atoms with Crippen LogP contribution in [0.3, 0.4) is 0 Å². The summed E-state index contributed by atoms with van der Waals surface area (Å²) in [6.45, 7) is 5.58. The molecule has 10 nitrogen and oxygen atoms in total. The van der Waals surface area contributed by atoms with E-state index in [0.29, 0.717) is 108 Å². The maximum Gasteiger partial charge on any atom is 0.238 e. The SMILES string of the molecule is Cc1cnc(Oc2ccc(O)cc2)c(Cl)c1.Cc1cnc(Oc2ccc(OCCCOc3c(Cl)cc(OCC=C(Cl)Cl)cc3Cl)cc2)c(Cl)c1.ClC(Cl)=CCOc1cc(Cl)c(OCCCBr)c(Cl)c1. The molecule has 0 amide bonds. The lowest BCUT2D eigenvalue weighted by atomic mass is 10.3. The van der Waals surface area contributed by atoms with Gasteiger partial charge in [-0.15, -0.1) is 0 Å². The van der Waals surface area contributed by atoms with E-state index in [4.69, 9.17) is 154 Å². The molecule has 6 rings (SSSR count). The molecule has 0 radical (unpaired) electrons. The van der Waals surface area contributed by atoms with E-state index in [0.717, 1.165) is 22.9 Å². The number of aromatic hydroxyl groups is 1. The van der Waals surface area contributed by atoms with Crippen molar-refractivity contribution in [1.82, 2.24) is 9.97 Å². The summed E-state index contributed by atoms with van der Waals surface area (Å²) in [5.74, 6) is 4.62. The van der Waals surface area contributed by atoms with Crippen molar-refractivity contribution < 1.29 is 38.3 Å². The van der Waals surface area contributed by atoms with Crippen molar-refractivity contribution in [2.24, 2.45) is 0 Å². The van der Waals surface area contributed by atoms with Crippen LogP contribution in [-0.2, 0) is 0 Å². The van der Waals surface area contributed by atoms with Gasteiger partial charge >= 0.3 is 0 Å². The van der Waals surface area contributed by atoms with Crippen molar-refractivity contribution in [2.75, 3.05) is 38.4 Å². The number of ether oxygens (including phenoxy) is 7. The molecule has 2 aromatic heterocycles. The Labute approximate surface area is 458 Å². The predicted molar refractivity (Wildman–Crippen MR) is 286 cm³/mol. The Bertz CT molecular complexity index is 2570. The van der Waals surface area contributed by atoms with Gasteiger partial charge in [-0.25, -0.2) is 9.97 Å². The predicted octanol–water partition coefficient (Wildman–Crippen LogP) is 18.1. The molecule has 0 bridgehead atoms. The summed E-state index contributed by atoms with van der Waals surface area (Å²) in [7, 11) is 0. The quantitative estimate of drug-likeness (QED) is 0.0586. The second-order valence-electron chi connectivity index (χ2n) is 13.8. The number of aromatic nitrogens is 2. The van der Waals surface area contributed by atoms with Gasteiger partial charge in [-0.05, 0) is 104 Å². The molecular weight excluding hydrogens is 1170 g/mol. The molecule has 2 heterocycles. The lowest BCUT2D eigenvalue weighted by Crippen LogP contribution is -2.05. The van der Waals surface area contributed by atoms with Crippen molar-refractivity contribution in [1.29, 1.82) is 0 Å². The first kappa shape index (κ1) is 58.0. The van der Waals surface area contributed by atoms with E-state index in [1.54, 1.807) is 85.2 Å². The zero-order chi connectivity index (χ0) is 50.3. The summed E-state index contributed by atoms with van der Waals surface area (Å²) in [6.07, 6.45) is 7.88. The number of alkyl halides is 1. The Morgan fingerprint density at radius 1 is 0.493 bits per heavy atom. The van der Waals surface area contributed by atoms with Crippen molar-refractivity contribution in [2.45, 2.75) is 26.7 Å². The Hall–Kier alpha value is -3.56. The monoisotopic (exact) mass is 1200 g/mol. The van der Waals surface area contributed by atoms with Gasteiger partial charge in [0, 0.05) is 48.4 Å². The zero-order valence-electron chi connectivity index (χ0n) is 36.4. The summed E-state index contributed by atoms with van der Waals surface area (Å²) < 4.78 is 39.2. The van der Waals surface area contributed by atoms with Gasteiger partial charge in [0.15, 0.2) is 11.5 Å². The Morgan fingerprint density at radius 2 is 0.870 bits per heavy atom. The largest absolute Gasteiger partial charge is 0.508 e. The lowest BCUT2D eigenvalue weighted by Gasteiger charge is -2.13. The third kappa shape index (κ3) is 21.8. The maximum absolute atomic E-state index is 9.12. The molecule has 21 heteroatoms. The molecule has 0 aliphatic heterocycles. The molecule has 0 aliphatic rings. The number of pyridine rings is 2. The number of phenols is 1. The van der Waals surface area contributed by atoms with E-state index in [9.17, 15) is 0 Å². The van der Waals surface area contributed by atoms with Crippen LogP contribution in [0.1, 0.15) is 24.0 Å². The molecule has 0 unspecified atom stereocenters. The normalized spacial score (nSPS) is 10.3. The molecule has 6 aromatic rings. The van der Waals surface area contributed by atoms with Crippen LogP contribution in [0.4, 0.5) is 0 Å². The lowest BCUT2D eigenvalue weighted by molar-refractivity contribution is 0.247. The van der Waals surface area contributed by atoms with Crippen LogP contribution in [0, 0.1) is 13.8 Å². The molecule has 0 atom stereocenters. The number of rotatable bonds is 20. The van der Waals surface area contributed by atoms with E-state index in [2.05, 4.69) is 25.9 Å². The summed E-state index contributed by atoms with van der Waals surface area (Å²) in [6, 6.07) is 23.6. The van der Waals surface area contributed by atoms with Crippen LogP contribution in [0.25, 0.3) is 0 Å². The van der Waals surface area contributed by atoms with Crippen molar-refractivity contribution >= 4 is 132 Å². The number of benzene rings is 4. The maximum atomic E-state index is 9.12. The van der Waals surface area contributed by atoms with Crippen LogP contribution in [0.5, 0.6) is 57.8 Å². The number of halogens is 11. The zero-order valence-corrected chi connectivity index (χ0v) is 45.6. The standard InChI is InChI=1S/C24H20Cl5NO4.C12H11BrCl4O2.C12H10ClNO2/c1-15-11-21(27)24(30-14-15)34-17-5-3-16(4-6-17)31-8-2-9-33-23-19(25)12-18(13-20(23)26)32-10-7-22(28)29;13-3-1-4-19-12-9(14)6-8(7-10(12)15)18-5-2-11(16)17;1-8-6-11(13)12(14-7-8)16-10-4-2-9(15)3-5-10/h3-7,11-14H,2,8-10H2,1H3;2,6-7H,1,3-5H2;2-7,15H,1H3. The highest BCUT2D eigenvalue weighted by molar-refractivity contribution is 9.09. The summed E-state index contributed by atoms with van der Waals surface area (Å²) in [5, 5.41) is 12.4. The fourth-order valence-electron chi connectivity index (χ4n) is 5.10. The number of aryl methyl sites for hydroxylation is 2. The smallest absolute Gasteiger partial charge is 0.238 e. The molecule has 4 aromatic carbocycles. The van der Waals surface area contributed by atoms with Crippen LogP contribution >= 0.6 is 132 Å². The van der Waals surface area contributed by atoms with Gasteiger partial charge < -0.3 is 38.3 Å². The number of nitrogens with zero attached hydrogens (tertiary/aromatic N) is 2. The highest BCUT2D eigenvalue weighted by atomic mass is 79.9. The number of phenolic OH excluding ortho intramolecular Hbond substituents is 1. The molecular formula is C48H41BrCl10N2O8. The first-order valence-corrected chi connectivity index (χ1v) is 25.1. The molecule has 368 valence electrons. The van der Waals surface area contributed by atoms with E-state index < -0.39 is 0 Å². The van der Waals surface area contributed by atoms with Crippen LogP contribution in [-0.4, -0.2) is 53.4 Å². The summed E-state index contributed by atoms with van der Waals surface area (Å²) >= 11 is 62.2. The van der Waals surface area contributed by atoms with Crippen LogP contribution < -0.4 is 33.2 Å². The van der Waals surface area contributed by atoms with E-state index in [-0.39, 0.29) is 27.9 Å². The highest BCUT2D eigenvalue weighted by Gasteiger charge is 2.13. The Kier molecular flexibility index (Phi) is 26.1. The van der Waals surface area contributed by atoms with Gasteiger partial charge in [-0.1, -0.05) is 132 Å². The van der Waals surface area contributed by atoms with Gasteiger partial charge in [0.25, 0.3) is 0 Å². The minimum atomic E-state index is 0.119. The average Bonchev–Trinajstić information content (AvgIpc) is 3.29. The topological polar surface area (TPSA) is 111 Å². The minimum absolute atomic E-state index is 0.119. The molecule has 0 aliphatic carbocycles. The van der Waals surface area contributed by atoms with Crippen LogP contribution in [0.15, 0.2) is 118 Å². The van der Waals surface area contributed by atoms with Gasteiger partial charge in [0.05, 0.1) is 39.9 Å². The van der Waals surface area contributed by atoms with Gasteiger partial charge in [-0.2, -0.15) is 0 Å². The van der Waals surface area contributed by atoms with Crippen molar-refractivity contribution in [3.63, 3.8) is 0 Å². The van der Waals surface area contributed by atoms with Crippen molar-refractivity contribution in [3.05, 3.63) is 160 Å². The van der Waals surface area contributed by atoms with Crippen molar-refractivity contribution in [3.8, 4) is 57.8 Å². The molecule has 0 spiro atoms. The summed E-state index contributed by atoms with van der Waals surface area (Å²) in [4.78, 5) is 8.27. The first-order valence-electron chi connectivity index (χ1n) is 20.2. The second-order valence-corrected chi connectivity index (χ2v) is 19.0. The molecule has 69 heavy (non-hydrogen) atoms. The number of hydrogen-bond donors (Lipinski definition) is 1. The fourth-order valence-corrected chi connectivity index (χ4v) is 7.26. The Balaban J connectivity index is 0.000000249. The van der Waals surface area contributed by atoms with E-state index >= 15 is 0 Å². The van der Waals surface area contributed by atoms with Gasteiger partial charge in [-0.3, -0.25) is 0 Å². The second kappa shape index (κ2) is 31.0. The Morgan fingerprint density at radius 3 is 1.26 bits per heavy atom. The molecule has 0 saturated carbocycles. The molecule has 0 fully saturated rings. The van der Waals surface area contributed by atoms with E-state index in [1.807, 2.05) is 13.8 Å². The first-order chi connectivity index (χ1) is 33.0. The minimum Gasteiger partial charge on any atom is -0.508 e. The van der Waals surface area contributed by atoms with E-state index in [1.165, 1.54) is 24.3 Å². The third-order valence-electron chi connectivity index (χ3n) is 8.22. The molecule has 0 saturated heterocycles. The van der Waals surface area contributed by atoms with Gasteiger partial charge in [0.1, 0.15) is 66.7 Å². The third-order valence-corrected chi connectivity index (χ3v) is 11.1.